The van der Waals surface area contributed by atoms with Crippen LogP contribution in [-0.4, -0.2) is 61.4 Å². The van der Waals surface area contributed by atoms with Crippen LogP contribution in [0.2, 0.25) is 0 Å². The first-order valence-electron chi connectivity index (χ1n) is 10.8. The van der Waals surface area contributed by atoms with E-state index in [4.69, 9.17) is 0 Å². The molecule has 0 aromatic heterocycles. The van der Waals surface area contributed by atoms with Crippen molar-refractivity contribution in [1.82, 2.24) is 9.80 Å². The molecule has 0 aliphatic carbocycles. The van der Waals surface area contributed by atoms with Gasteiger partial charge in [-0.2, -0.15) is 0 Å². The van der Waals surface area contributed by atoms with Gasteiger partial charge in [-0.15, -0.1) is 0 Å². The minimum Gasteiger partial charge on any atom is -0.476 e. The number of nitrogens with zero attached hydrogens (tertiary/aromatic N) is 3. The number of aliphatic imine (C=N–C) groups is 1. The molecule has 3 aromatic carbocycles. The molecule has 0 bridgehead atoms. The average molecular weight is 479 g/mol. The van der Waals surface area contributed by atoms with Crippen molar-refractivity contribution in [3.63, 3.8) is 0 Å². The lowest BCUT2D eigenvalue weighted by molar-refractivity contribution is -0.133. The summed E-state index contributed by atoms with van der Waals surface area (Å²) in [6.07, 6.45) is 0. The average Bonchev–Trinajstić information content (AvgIpc) is 2.80. The molecule has 5 nitrogen and oxygen atoms in total. The molecule has 1 N–H and O–H groups in total. The zero-order valence-corrected chi connectivity index (χ0v) is 19.8. The second-order valence-corrected chi connectivity index (χ2v) is 8.31. The Bertz CT molecular complexity index is 1180. The fourth-order valence-electron chi connectivity index (χ4n) is 3.87. The summed E-state index contributed by atoms with van der Waals surface area (Å²) in [4.78, 5) is 20.2. The lowest BCUT2D eigenvalue weighted by Crippen LogP contribution is -2.50. The third kappa shape index (κ3) is 6.12. The van der Waals surface area contributed by atoms with Gasteiger partial charge in [-0.05, 0) is 42.0 Å². The van der Waals surface area contributed by atoms with Crippen LogP contribution in [0.25, 0.3) is 0 Å². The molecule has 180 valence electrons. The molecule has 0 amide bonds. The molecule has 0 saturated heterocycles. The first-order chi connectivity index (χ1) is 16.6. The third-order valence-corrected chi connectivity index (χ3v) is 5.31. The van der Waals surface area contributed by atoms with Crippen molar-refractivity contribution in [2.75, 3.05) is 28.2 Å². The van der Waals surface area contributed by atoms with Crippen molar-refractivity contribution in [2.45, 2.75) is 0 Å². The first-order valence-corrected chi connectivity index (χ1v) is 10.8. The molecule has 9 heteroatoms. The van der Waals surface area contributed by atoms with E-state index in [0.717, 1.165) is 0 Å². The Hall–Kier alpha value is -4.01. The number of carboxylic acids is 1. The lowest BCUT2D eigenvalue weighted by Gasteiger charge is -2.26. The van der Waals surface area contributed by atoms with E-state index in [1.165, 1.54) is 48.5 Å². The Balaban J connectivity index is 2.40. The van der Waals surface area contributed by atoms with Gasteiger partial charge in [0.15, 0.2) is 5.70 Å². The van der Waals surface area contributed by atoms with Gasteiger partial charge in [0.25, 0.3) is 6.71 Å². The van der Waals surface area contributed by atoms with E-state index in [-0.39, 0.29) is 11.3 Å². The van der Waals surface area contributed by atoms with Gasteiger partial charge in [-0.1, -0.05) is 47.3 Å². The predicted octanol–water partition coefficient (Wildman–Crippen LogP) is 3.12. The Morgan fingerprint density at radius 1 is 0.714 bits per heavy atom. The molecule has 0 aliphatic heterocycles. The number of hydrogen-bond donors (Lipinski definition) is 1. The highest BCUT2D eigenvalue weighted by Crippen LogP contribution is 2.17. The highest BCUT2D eigenvalue weighted by atomic mass is 19.1. The molecule has 0 spiro atoms. The van der Waals surface area contributed by atoms with Crippen LogP contribution in [0.15, 0.2) is 89.3 Å². The molecule has 0 aliphatic rings. The minimum absolute atomic E-state index is 0.242. The molecule has 3 aromatic rings. The maximum Gasteiger partial charge on any atom is 0.358 e. The van der Waals surface area contributed by atoms with Crippen LogP contribution >= 0.6 is 0 Å². The van der Waals surface area contributed by atoms with Crippen LogP contribution in [0.3, 0.4) is 0 Å². The van der Waals surface area contributed by atoms with Crippen LogP contribution in [0, 0.1) is 17.5 Å². The number of benzene rings is 3. The highest BCUT2D eigenvalue weighted by Gasteiger charge is 2.29. The van der Waals surface area contributed by atoms with Crippen LogP contribution in [-0.2, 0) is 4.79 Å². The topological polar surface area (TPSA) is 56.1 Å². The molecule has 35 heavy (non-hydrogen) atoms. The van der Waals surface area contributed by atoms with Crippen molar-refractivity contribution < 1.29 is 23.1 Å². The largest absolute Gasteiger partial charge is 0.476 e. The van der Waals surface area contributed by atoms with E-state index in [0.29, 0.717) is 22.3 Å². The summed E-state index contributed by atoms with van der Waals surface area (Å²) >= 11 is 0. The summed E-state index contributed by atoms with van der Waals surface area (Å²) in [7, 11) is 6.79. The van der Waals surface area contributed by atoms with E-state index in [2.05, 4.69) is 4.99 Å². The molecule has 0 heterocycles. The number of carboxylic acid groups (broad SMARTS) is 1. The Morgan fingerprint density at radius 2 is 1.09 bits per heavy atom. The van der Waals surface area contributed by atoms with Crippen molar-refractivity contribution in [1.29, 1.82) is 0 Å². The first kappa shape index (κ1) is 25.6. The fraction of sp³-hybridized carbons (Fsp3) is 0.154. The van der Waals surface area contributed by atoms with Crippen molar-refractivity contribution >= 4 is 29.2 Å². The monoisotopic (exact) mass is 479 g/mol. The van der Waals surface area contributed by atoms with Crippen molar-refractivity contribution in [3.8, 4) is 0 Å². The number of carbonyl (C=O) groups is 1. The van der Waals surface area contributed by atoms with Gasteiger partial charge >= 0.3 is 5.97 Å². The number of aliphatic carboxylic acids is 1. The van der Waals surface area contributed by atoms with E-state index < -0.39 is 30.1 Å². The molecule has 0 atom stereocenters. The SMILES string of the molecule is CN(C)C(=C(N=C(B(c1ccc(F)cc1)c1ccc(F)cc1)c1ccc(F)cc1)C(=O)O)N(C)C. The zero-order valence-electron chi connectivity index (χ0n) is 19.8. The lowest BCUT2D eigenvalue weighted by atomic mass is 9.36. The molecule has 0 unspecified atom stereocenters. The van der Waals surface area contributed by atoms with Gasteiger partial charge in [0.2, 0.25) is 0 Å². The van der Waals surface area contributed by atoms with Crippen molar-refractivity contribution in [3.05, 3.63) is 107 Å². The highest BCUT2D eigenvalue weighted by molar-refractivity contribution is 7.10. The maximum atomic E-state index is 13.8. The second kappa shape index (κ2) is 10.9. The van der Waals surface area contributed by atoms with Gasteiger partial charge in [0, 0.05) is 33.8 Å². The summed E-state index contributed by atoms with van der Waals surface area (Å²) in [5.74, 6) is -2.29. The maximum absolute atomic E-state index is 13.8. The molecular weight excluding hydrogens is 454 g/mol. The second-order valence-electron chi connectivity index (χ2n) is 8.31. The quantitative estimate of drug-likeness (QED) is 0.307. The Labute approximate surface area is 202 Å². The van der Waals surface area contributed by atoms with Crippen LogP contribution < -0.4 is 10.9 Å². The number of halogens is 3. The van der Waals surface area contributed by atoms with Crippen LogP contribution in [0.1, 0.15) is 5.56 Å². The smallest absolute Gasteiger partial charge is 0.358 e. The van der Waals surface area contributed by atoms with Crippen molar-refractivity contribution in [2.24, 2.45) is 4.99 Å². The van der Waals surface area contributed by atoms with E-state index in [1.54, 1.807) is 62.3 Å². The van der Waals surface area contributed by atoms with Gasteiger partial charge in [-0.25, -0.2) is 18.0 Å². The molecule has 0 saturated carbocycles. The standard InChI is InChI=1S/C26H25BF3N3O2/c1-32(2)25(33(3)4)23(26(34)35)31-24(17-5-11-20(28)12-6-17)27(18-7-13-21(29)14-8-18)19-9-15-22(30)16-10-19/h5-16H,1-4H3,(H,34,35). The fourth-order valence-corrected chi connectivity index (χ4v) is 3.87. The zero-order chi connectivity index (χ0) is 25.7. The van der Waals surface area contributed by atoms with Crippen LogP contribution in [0.4, 0.5) is 13.2 Å². The number of hydrogen-bond acceptors (Lipinski definition) is 4. The van der Waals surface area contributed by atoms with Gasteiger partial charge in [0.05, 0.1) is 0 Å². The number of rotatable bonds is 8. The van der Waals surface area contributed by atoms with Gasteiger partial charge in [0.1, 0.15) is 23.3 Å². The summed E-state index contributed by atoms with van der Waals surface area (Å²) in [5.41, 5.74) is 1.69. The molecular formula is C26H25BF3N3O2. The van der Waals surface area contributed by atoms with Crippen LogP contribution in [0.5, 0.6) is 0 Å². The summed E-state index contributed by atoms with van der Waals surface area (Å²) in [5, 5.41) is 10.1. The summed E-state index contributed by atoms with van der Waals surface area (Å²) < 4.78 is 41.3. The minimum atomic E-state index is -1.26. The van der Waals surface area contributed by atoms with Gasteiger partial charge < -0.3 is 14.9 Å². The summed E-state index contributed by atoms with van der Waals surface area (Å²) in [6.45, 7) is -0.707. The normalized spacial score (nSPS) is 11.1. The molecule has 0 fully saturated rings. The predicted molar refractivity (Wildman–Crippen MR) is 133 cm³/mol. The molecule has 3 rings (SSSR count). The summed E-state index contributed by atoms with van der Waals surface area (Å²) in [6, 6.07) is 16.9. The Morgan fingerprint density at radius 3 is 1.43 bits per heavy atom. The van der Waals surface area contributed by atoms with E-state index >= 15 is 0 Å². The Kier molecular flexibility index (Phi) is 8.01. The molecule has 0 radical (unpaired) electrons. The third-order valence-electron chi connectivity index (χ3n) is 5.31. The van der Waals surface area contributed by atoms with Gasteiger partial charge in [-0.3, -0.25) is 4.99 Å². The van der Waals surface area contributed by atoms with E-state index in [1.807, 2.05) is 0 Å². The van der Waals surface area contributed by atoms with E-state index in [9.17, 15) is 23.1 Å².